The minimum absolute atomic E-state index is 0.154. The van der Waals surface area contributed by atoms with E-state index in [1.165, 1.54) is 5.32 Å². The lowest BCUT2D eigenvalue weighted by Gasteiger charge is -2.20. The molecule has 23 heavy (non-hydrogen) atoms. The SMILES string of the molecule is NCCCC[C@H](NC(=O)C(F)(F)F)C(=O)ON1C(=O)CCC1=O. The van der Waals surface area contributed by atoms with E-state index in [0.717, 1.165) is 0 Å². The number of unbranched alkanes of at least 4 members (excludes halogenated alkanes) is 1. The quantitative estimate of drug-likeness (QED) is 0.488. The summed E-state index contributed by atoms with van der Waals surface area (Å²) in [4.78, 5) is 50.0. The van der Waals surface area contributed by atoms with Gasteiger partial charge in [-0.3, -0.25) is 14.4 Å². The van der Waals surface area contributed by atoms with Crippen molar-refractivity contribution in [1.82, 2.24) is 10.4 Å². The van der Waals surface area contributed by atoms with Gasteiger partial charge in [-0.1, -0.05) is 0 Å². The first-order valence-electron chi connectivity index (χ1n) is 6.82. The minimum Gasteiger partial charge on any atom is -0.335 e. The summed E-state index contributed by atoms with van der Waals surface area (Å²) in [7, 11) is 0. The molecule has 1 fully saturated rings. The van der Waals surface area contributed by atoms with Crippen molar-refractivity contribution < 1.29 is 37.2 Å². The predicted molar refractivity (Wildman–Crippen MR) is 68.1 cm³/mol. The van der Waals surface area contributed by atoms with Crippen LogP contribution >= 0.6 is 0 Å². The molecule has 130 valence electrons. The van der Waals surface area contributed by atoms with Crippen LogP contribution in [0.15, 0.2) is 0 Å². The van der Waals surface area contributed by atoms with Crippen LogP contribution in [0.4, 0.5) is 13.2 Å². The van der Waals surface area contributed by atoms with Gasteiger partial charge < -0.3 is 15.9 Å². The molecule has 8 nitrogen and oxygen atoms in total. The smallest absolute Gasteiger partial charge is 0.335 e. The van der Waals surface area contributed by atoms with Gasteiger partial charge in [-0.25, -0.2) is 4.79 Å². The summed E-state index contributed by atoms with van der Waals surface area (Å²) < 4.78 is 36.9. The Morgan fingerprint density at radius 2 is 1.78 bits per heavy atom. The average Bonchev–Trinajstić information content (AvgIpc) is 2.77. The van der Waals surface area contributed by atoms with Crippen molar-refractivity contribution >= 4 is 23.7 Å². The number of nitrogens with zero attached hydrogens (tertiary/aromatic N) is 1. The van der Waals surface area contributed by atoms with E-state index in [1.807, 2.05) is 0 Å². The number of imide groups is 1. The molecule has 0 aromatic rings. The Hall–Kier alpha value is -2.17. The van der Waals surface area contributed by atoms with Gasteiger partial charge in [-0.15, -0.1) is 5.06 Å². The number of hydrogen-bond acceptors (Lipinski definition) is 6. The molecule has 0 saturated carbocycles. The first-order chi connectivity index (χ1) is 10.7. The molecule has 0 aromatic carbocycles. The van der Waals surface area contributed by atoms with Crippen molar-refractivity contribution in [2.75, 3.05) is 6.54 Å². The highest BCUT2D eigenvalue weighted by atomic mass is 19.4. The molecule has 0 aromatic heterocycles. The second-order valence-corrected chi connectivity index (χ2v) is 4.80. The molecular weight excluding hydrogens is 323 g/mol. The monoisotopic (exact) mass is 339 g/mol. The van der Waals surface area contributed by atoms with Crippen LogP contribution < -0.4 is 11.1 Å². The van der Waals surface area contributed by atoms with Crippen LogP contribution in [-0.4, -0.2) is 47.5 Å². The Morgan fingerprint density at radius 3 is 2.26 bits per heavy atom. The molecule has 3 amide bonds. The van der Waals surface area contributed by atoms with Crippen LogP contribution in [0.5, 0.6) is 0 Å². The van der Waals surface area contributed by atoms with Gasteiger partial charge in [0.15, 0.2) is 0 Å². The summed E-state index contributed by atoms with van der Waals surface area (Å²) >= 11 is 0. The molecule has 1 rings (SSSR count). The number of amides is 3. The maximum Gasteiger partial charge on any atom is 0.471 e. The highest BCUT2D eigenvalue weighted by Crippen LogP contribution is 2.17. The van der Waals surface area contributed by atoms with Crippen molar-refractivity contribution in [3.63, 3.8) is 0 Å². The number of nitrogens with two attached hydrogens (primary N) is 1. The van der Waals surface area contributed by atoms with Gasteiger partial charge in [0.1, 0.15) is 6.04 Å². The Morgan fingerprint density at radius 1 is 1.22 bits per heavy atom. The van der Waals surface area contributed by atoms with E-state index in [9.17, 15) is 32.3 Å². The zero-order valence-electron chi connectivity index (χ0n) is 12.0. The number of alkyl halides is 3. The average molecular weight is 339 g/mol. The van der Waals surface area contributed by atoms with Gasteiger partial charge in [0.25, 0.3) is 11.8 Å². The van der Waals surface area contributed by atoms with Crippen LogP contribution in [0.2, 0.25) is 0 Å². The number of rotatable bonds is 7. The lowest BCUT2D eigenvalue weighted by atomic mass is 10.1. The van der Waals surface area contributed by atoms with Gasteiger partial charge in [0, 0.05) is 12.8 Å². The van der Waals surface area contributed by atoms with Crippen molar-refractivity contribution in [3.8, 4) is 0 Å². The maximum atomic E-state index is 12.3. The fraction of sp³-hybridized carbons (Fsp3) is 0.667. The second kappa shape index (κ2) is 7.90. The standard InChI is InChI=1S/C12H16F3N3O5/c13-12(14,15)11(22)17-7(3-1-2-6-16)10(21)23-18-8(19)4-5-9(18)20/h7H,1-6,16H2,(H,17,22)/t7-/m0/s1. The van der Waals surface area contributed by atoms with Gasteiger partial charge in [0.2, 0.25) is 0 Å². The zero-order valence-corrected chi connectivity index (χ0v) is 12.0. The Balaban J connectivity index is 2.73. The molecule has 1 aliphatic rings. The first kappa shape index (κ1) is 18.9. The predicted octanol–water partition coefficient (Wildman–Crippen LogP) is -0.230. The zero-order chi connectivity index (χ0) is 17.6. The van der Waals surface area contributed by atoms with Crippen LogP contribution in [0, 0.1) is 0 Å². The van der Waals surface area contributed by atoms with Crippen LogP contribution in [0.25, 0.3) is 0 Å². The molecule has 0 unspecified atom stereocenters. The summed E-state index contributed by atoms with van der Waals surface area (Å²) in [5.41, 5.74) is 5.25. The van der Waals surface area contributed by atoms with E-state index in [0.29, 0.717) is 6.42 Å². The number of carbonyl (C=O) groups is 4. The molecule has 0 aliphatic carbocycles. The number of hydroxylamine groups is 2. The third-order valence-corrected chi connectivity index (χ3v) is 2.98. The summed E-state index contributed by atoms with van der Waals surface area (Å²) in [6.45, 7) is 0.248. The fourth-order valence-electron chi connectivity index (χ4n) is 1.79. The van der Waals surface area contributed by atoms with Crippen molar-refractivity contribution in [2.24, 2.45) is 5.73 Å². The topological polar surface area (TPSA) is 119 Å². The van der Waals surface area contributed by atoms with Crippen LogP contribution in [0.1, 0.15) is 32.1 Å². The van der Waals surface area contributed by atoms with E-state index >= 15 is 0 Å². The van der Waals surface area contributed by atoms with E-state index in [1.54, 1.807) is 0 Å². The molecule has 1 aliphatic heterocycles. The van der Waals surface area contributed by atoms with E-state index < -0.39 is 35.9 Å². The third-order valence-electron chi connectivity index (χ3n) is 2.98. The Kier molecular flexibility index (Phi) is 6.49. The molecule has 3 N–H and O–H groups in total. The van der Waals surface area contributed by atoms with Gasteiger partial charge in [-0.2, -0.15) is 13.2 Å². The Bertz CT molecular complexity index is 479. The summed E-state index contributed by atoms with van der Waals surface area (Å²) in [6, 6.07) is -1.64. The fourth-order valence-corrected chi connectivity index (χ4v) is 1.79. The van der Waals surface area contributed by atoms with Gasteiger partial charge in [0.05, 0.1) is 0 Å². The third kappa shape index (κ3) is 5.51. The highest BCUT2D eigenvalue weighted by molar-refractivity contribution is 6.02. The first-order valence-corrected chi connectivity index (χ1v) is 6.82. The number of carbonyl (C=O) groups excluding carboxylic acids is 4. The summed E-state index contributed by atoms with van der Waals surface area (Å²) in [5, 5.41) is 1.70. The van der Waals surface area contributed by atoms with Crippen molar-refractivity contribution in [1.29, 1.82) is 0 Å². The molecular formula is C12H16F3N3O5. The molecule has 0 bridgehead atoms. The molecule has 1 atom stereocenters. The molecule has 0 spiro atoms. The highest BCUT2D eigenvalue weighted by Gasteiger charge is 2.42. The summed E-state index contributed by atoms with van der Waals surface area (Å²) in [6.07, 6.45) is -5.00. The lowest BCUT2D eigenvalue weighted by Crippen LogP contribution is -2.49. The molecule has 0 radical (unpaired) electrons. The Labute approximate surface area is 129 Å². The van der Waals surface area contributed by atoms with Crippen molar-refractivity contribution in [2.45, 2.75) is 44.3 Å². The second-order valence-electron chi connectivity index (χ2n) is 4.80. The van der Waals surface area contributed by atoms with E-state index in [4.69, 9.17) is 5.73 Å². The number of nitrogens with one attached hydrogen (secondary N) is 1. The minimum atomic E-state index is -5.17. The summed E-state index contributed by atoms with van der Waals surface area (Å²) in [5.74, 6) is -5.17. The largest absolute Gasteiger partial charge is 0.471 e. The molecule has 1 heterocycles. The van der Waals surface area contributed by atoms with E-state index in [2.05, 4.69) is 4.84 Å². The van der Waals surface area contributed by atoms with Crippen LogP contribution in [0.3, 0.4) is 0 Å². The van der Waals surface area contributed by atoms with E-state index in [-0.39, 0.29) is 37.3 Å². The van der Waals surface area contributed by atoms with Gasteiger partial charge >= 0.3 is 18.1 Å². The van der Waals surface area contributed by atoms with Crippen molar-refractivity contribution in [3.05, 3.63) is 0 Å². The van der Waals surface area contributed by atoms with Gasteiger partial charge in [-0.05, 0) is 25.8 Å². The van der Waals surface area contributed by atoms with Crippen LogP contribution in [-0.2, 0) is 24.0 Å². The lowest BCUT2D eigenvalue weighted by molar-refractivity contribution is -0.200. The maximum absolute atomic E-state index is 12.3. The normalized spacial score (nSPS) is 16.4. The number of hydrogen-bond donors (Lipinski definition) is 2. The number of halogens is 3. The molecule has 11 heteroatoms. The molecule has 1 saturated heterocycles.